The topological polar surface area (TPSA) is 99.3 Å². The summed E-state index contributed by atoms with van der Waals surface area (Å²) in [5, 5.41) is 11.5. The molecule has 29 heavy (non-hydrogen) atoms. The summed E-state index contributed by atoms with van der Waals surface area (Å²) in [6.07, 6.45) is 0. The summed E-state index contributed by atoms with van der Waals surface area (Å²) >= 11 is 1.17. The summed E-state index contributed by atoms with van der Waals surface area (Å²) in [4.78, 5) is 36.7. The van der Waals surface area contributed by atoms with Crippen LogP contribution in [0, 0.1) is 0 Å². The number of hydrogen-bond acceptors (Lipinski definition) is 4. The van der Waals surface area contributed by atoms with Gasteiger partial charge in [0.1, 0.15) is 0 Å². The van der Waals surface area contributed by atoms with E-state index >= 15 is 0 Å². The number of thiophene rings is 1. The number of carbonyl (C=O) groups is 3. The second-order valence-corrected chi connectivity index (χ2v) is 7.08. The van der Waals surface area contributed by atoms with Crippen LogP contribution in [0.15, 0.2) is 66.7 Å². The van der Waals surface area contributed by atoms with Gasteiger partial charge in [0.2, 0.25) is 0 Å². The average Bonchev–Trinajstić information content (AvgIpc) is 3.18. The van der Waals surface area contributed by atoms with Gasteiger partial charge in [0.05, 0.1) is 9.88 Å². The van der Waals surface area contributed by atoms with E-state index < -0.39 is 0 Å². The fraction of sp³-hybridized carbons (Fsp3) is 0.0952. The monoisotopic (exact) mass is 408 g/mol. The third kappa shape index (κ3) is 5.66. The van der Waals surface area contributed by atoms with E-state index in [0.717, 1.165) is 0 Å². The number of urea groups is 1. The molecular formula is C21H20N4O3S. The third-order valence-electron chi connectivity index (χ3n) is 3.84. The Kier molecular flexibility index (Phi) is 6.59. The minimum absolute atomic E-state index is 0.159. The van der Waals surface area contributed by atoms with Gasteiger partial charge in [-0.15, -0.1) is 11.3 Å². The van der Waals surface area contributed by atoms with Crippen LogP contribution >= 0.6 is 11.3 Å². The molecule has 0 unspecified atom stereocenters. The highest BCUT2D eigenvalue weighted by molar-refractivity contribution is 7.18. The lowest BCUT2D eigenvalue weighted by Gasteiger charge is -2.06. The molecule has 1 aromatic heterocycles. The summed E-state index contributed by atoms with van der Waals surface area (Å²) in [6.45, 7) is 2.40. The lowest BCUT2D eigenvalue weighted by molar-refractivity contribution is 0.0955. The Morgan fingerprint density at radius 2 is 1.45 bits per heavy atom. The van der Waals surface area contributed by atoms with Crippen molar-refractivity contribution in [3.05, 3.63) is 77.2 Å². The van der Waals surface area contributed by atoms with Gasteiger partial charge in [0, 0.05) is 23.5 Å². The Morgan fingerprint density at radius 1 is 0.759 bits per heavy atom. The Morgan fingerprint density at radius 3 is 2.14 bits per heavy atom. The number of hydrogen-bond donors (Lipinski definition) is 4. The van der Waals surface area contributed by atoms with Crippen LogP contribution in [0.25, 0.3) is 0 Å². The van der Waals surface area contributed by atoms with E-state index in [1.807, 2.05) is 25.1 Å². The lowest BCUT2D eigenvalue weighted by Crippen LogP contribution is -2.22. The molecule has 0 saturated carbocycles. The summed E-state index contributed by atoms with van der Waals surface area (Å²) in [5.41, 5.74) is 1.78. The van der Waals surface area contributed by atoms with Gasteiger partial charge in [0.25, 0.3) is 11.8 Å². The van der Waals surface area contributed by atoms with E-state index in [2.05, 4.69) is 21.3 Å². The van der Waals surface area contributed by atoms with Crippen LogP contribution in [0.1, 0.15) is 27.0 Å². The van der Waals surface area contributed by atoms with Crippen molar-refractivity contribution in [1.82, 2.24) is 5.32 Å². The number of anilines is 3. The van der Waals surface area contributed by atoms with E-state index in [4.69, 9.17) is 0 Å². The number of amides is 4. The van der Waals surface area contributed by atoms with Gasteiger partial charge >= 0.3 is 6.03 Å². The molecule has 0 radical (unpaired) electrons. The molecule has 0 atom stereocenters. The first-order valence-corrected chi connectivity index (χ1v) is 9.79. The molecule has 0 aliphatic carbocycles. The molecule has 0 saturated heterocycles. The highest BCUT2D eigenvalue weighted by Crippen LogP contribution is 2.23. The minimum atomic E-state index is -0.383. The molecule has 0 aliphatic rings. The van der Waals surface area contributed by atoms with Crippen LogP contribution in [0.2, 0.25) is 0 Å². The first-order valence-electron chi connectivity index (χ1n) is 8.97. The van der Waals surface area contributed by atoms with Gasteiger partial charge in [0.15, 0.2) is 0 Å². The van der Waals surface area contributed by atoms with Crippen LogP contribution < -0.4 is 21.3 Å². The smallest absolute Gasteiger partial charge is 0.324 e. The molecule has 4 amide bonds. The summed E-state index contributed by atoms with van der Waals surface area (Å²) in [7, 11) is 0. The summed E-state index contributed by atoms with van der Waals surface area (Å²) < 4.78 is 0. The van der Waals surface area contributed by atoms with E-state index in [9.17, 15) is 14.4 Å². The zero-order valence-corrected chi connectivity index (χ0v) is 16.5. The molecule has 7 nitrogen and oxygen atoms in total. The molecule has 4 N–H and O–H groups in total. The van der Waals surface area contributed by atoms with Gasteiger partial charge in [-0.2, -0.15) is 0 Å². The normalized spacial score (nSPS) is 10.1. The molecule has 1 heterocycles. The number of carbonyl (C=O) groups excluding carboxylic acids is 3. The second kappa shape index (κ2) is 9.52. The van der Waals surface area contributed by atoms with Crippen molar-refractivity contribution in [3.8, 4) is 0 Å². The Bertz CT molecular complexity index is 1000. The van der Waals surface area contributed by atoms with E-state index in [1.54, 1.807) is 48.5 Å². The number of rotatable bonds is 6. The van der Waals surface area contributed by atoms with Crippen LogP contribution in [-0.2, 0) is 0 Å². The maximum Gasteiger partial charge on any atom is 0.324 e. The predicted molar refractivity (Wildman–Crippen MR) is 116 cm³/mol. The number of para-hydroxylation sites is 1. The predicted octanol–water partition coefficient (Wildman–Crippen LogP) is 4.39. The van der Waals surface area contributed by atoms with Crippen molar-refractivity contribution in [2.75, 3.05) is 22.5 Å². The summed E-state index contributed by atoms with van der Waals surface area (Å²) in [5.74, 6) is -0.453. The van der Waals surface area contributed by atoms with Crippen molar-refractivity contribution < 1.29 is 14.4 Å². The molecule has 3 aromatic rings. The molecule has 0 fully saturated rings. The van der Waals surface area contributed by atoms with E-state index in [1.165, 1.54) is 11.3 Å². The quantitative estimate of drug-likeness (QED) is 0.487. The molecule has 0 aliphatic heterocycles. The number of nitrogens with one attached hydrogen (secondary N) is 4. The molecule has 0 spiro atoms. The highest BCUT2D eigenvalue weighted by Gasteiger charge is 2.12. The molecule has 2 aromatic carbocycles. The van der Waals surface area contributed by atoms with Crippen LogP contribution in [0.5, 0.6) is 0 Å². The average molecular weight is 408 g/mol. The standard InChI is InChI=1S/C21H20N4O3S/c1-2-22-19(26)14-8-10-16(11-9-14)23-20(27)17-12-13-18(29-17)25-21(28)24-15-6-4-3-5-7-15/h3-13H,2H2,1H3,(H,22,26)(H,23,27)(H2,24,25,28). The van der Waals surface area contributed by atoms with Crippen LogP contribution in [0.3, 0.4) is 0 Å². The Labute approximate surface area is 172 Å². The van der Waals surface area contributed by atoms with Gasteiger partial charge in [-0.3, -0.25) is 14.9 Å². The lowest BCUT2D eigenvalue weighted by atomic mass is 10.2. The van der Waals surface area contributed by atoms with Gasteiger partial charge < -0.3 is 16.0 Å². The zero-order valence-electron chi connectivity index (χ0n) is 15.7. The zero-order chi connectivity index (χ0) is 20.6. The largest absolute Gasteiger partial charge is 0.352 e. The first-order chi connectivity index (χ1) is 14.0. The van der Waals surface area contributed by atoms with Gasteiger partial charge in [-0.25, -0.2) is 4.79 Å². The van der Waals surface area contributed by atoms with Crippen LogP contribution in [0.4, 0.5) is 21.2 Å². The van der Waals surface area contributed by atoms with E-state index in [0.29, 0.717) is 33.4 Å². The Hall–Kier alpha value is -3.65. The van der Waals surface area contributed by atoms with Crippen molar-refractivity contribution in [3.63, 3.8) is 0 Å². The SMILES string of the molecule is CCNC(=O)c1ccc(NC(=O)c2ccc(NC(=O)Nc3ccccc3)s2)cc1. The maximum absolute atomic E-state index is 12.4. The molecule has 0 bridgehead atoms. The van der Waals surface area contributed by atoms with Gasteiger partial charge in [-0.05, 0) is 55.5 Å². The first kappa shape index (κ1) is 20.1. The molecular weight excluding hydrogens is 388 g/mol. The van der Waals surface area contributed by atoms with Crippen LogP contribution in [-0.4, -0.2) is 24.4 Å². The summed E-state index contributed by atoms with van der Waals surface area (Å²) in [6, 6.07) is 18.6. The highest BCUT2D eigenvalue weighted by atomic mass is 32.1. The fourth-order valence-corrected chi connectivity index (χ4v) is 3.28. The minimum Gasteiger partial charge on any atom is -0.352 e. The van der Waals surface area contributed by atoms with Crippen molar-refractivity contribution in [1.29, 1.82) is 0 Å². The molecule has 3 rings (SSSR count). The van der Waals surface area contributed by atoms with E-state index in [-0.39, 0.29) is 17.8 Å². The molecule has 148 valence electrons. The van der Waals surface area contributed by atoms with Gasteiger partial charge in [-0.1, -0.05) is 18.2 Å². The Balaban J connectivity index is 1.56. The number of benzene rings is 2. The maximum atomic E-state index is 12.4. The van der Waals surface area contributed by atoms with Crippen molar-refractivity contribution in [2.24, 2.45) is 0 Å². The second-order valence-electron chi connectivity index (χ2n) is 6.00. The third-order valence-corrected chi connectivity index (χ3v) is 4.84. The van der Waals surface area contributed by atoms with Crippen molar-refractivity contribution in [2.45, 2.75) is 6.92 Å². The van der Waals surface area contributed by atoms with Crippen molar-refractivity contribution >= 4 is 45.6 Å². The fourth-order valence-electron chi connectivity index (χ4n) is 2.48. The molecule has 8 heteroatoms.